The van der Waals surface area contributed by atoms with Gasteiger partial charge >= 0.3 is 0 Å². The van der Waals surface area contributed by atoms with Crippen LogP contribution < -0.4 is 5.32 Å². The average molecular weight is 279 g/mol. The minimum atomic E-state index is -0.0770. The molecule has 0 fully saturated rings. The summed E-state index contributed by atoms with van der Waals surface area (Å²) < 4.78 is 0. The van der Waals surface area contributed by atoms with Gasteiger partial charge in [0.15, 0.2) is 0 Å². The van der Waals surface area contributed by atoms with Crippen molar-refractivity contribution >= 4 is 12.0 Å². The predicted molar refractivity (Wildman–Crippen MR) is 87.9 cm³/mol. The summed E-state index contributed by atoms with van der Waals surface area (Å²) in [6.07, 6.45) is 3.41. The number of carbonyl (C=O) groups excluding carboxylic acids is 1. The minimum absolute atomic E-state index is 0.0770. The van der Waals surface area contributed by atoms with Crippen molar-refractivity contribution in [1.82, 2.24) is 5.32 Å². The van der Waals surface area contributed by atoms with E-state index in [1.807, 2.05) is 48.5 Å². The van der Waals surface area contributed by atoms with Crippen LogP contribution in [-0.4, -0.2) is 5.91 Å². The van der Waals surface area contributed by atoms with Crippen LogP contribution in [0.1, 0.15) is 36.5 Å². The minimum Gasteiger partial charge on any atom is -0.348 e. The van der Waals surface area contributed by atoms with Crippen molar-refractivity contribution in [2.75, 3.05) is 0 Å². The maximum absolute atomic E-state index is 11.8. The highest BCUT2D eigenvalue weighted by Crippen LogP contribution is 2.15. The Labute approximate surface area is 126 Å². The maximum atomic E-state index is 11.8. The lowest BCUT2D eigenvalue weighted by atomic mass is 10.0. The summed E-state index contributed by atoms with van der Waals surface area (Å²) in [6, 6.07) is 18.2. The molecule has 0 saturated heterocycles. The molecule has 0 saturated carbocycles. The van der Waals surface area contributed by atoms with Crippen molar-refractivity contribution in [3.8, 4) is 0 Å². The number of amides is 1. The molecule has 2 aromatic rings. The Bertz CT molecular complexity index is 597. The number of rotatable bonds is 5. The van der Waals surface area contributed by atoms with Crippen molar-refractivity contribution in [1.29, 1.82) is 0 Å². The molecule has 1 amide bonds. The molecule has 0 aliphatic carbocycles. The molecule has 21 heavy (non-hydrogen) atoms. The van der Waals surface area contributed by atoms with Gasteiger partial charge in [0.05, 0.1) is 0 Å². The molecule has 2 aromatic carbocycles. The number of hydrogen-bond donors (Lipinski definition) is 1. The molecular formula is C19H21NO. The topological polar surface area (TPSA) is 29.1 Å². The van der Waals surface area contributed by atoms with E-state index in [0.717, 1.165) is 11.1 Å². The summed E-state index contributed by atoms with van der Waals surface area (Å²) in [5.74, 6) is 0.448. The summed E-state index contributed by atoms with van der Waals surface area (Å²) in [5.41, 5.74) is 3.44. The fraction of sp³-hybridized carbons (Fsp3) is 0.211. The summed E-state index contributed by atoms with van der Waals surface area (Å²) in [7, 11) is 0. The Morgan fingerprint density at radius 2 is 1.71 bits per heavy atom. The molecule has 2 heteroatoms. The summed E-state index contributed by atoms with van der Waals surface area (Å²) >= 11 is 0. The average Bonchev–Trinajstić information content (AvgIpc) is 2.52. The Kier molecular flexibility index (Phi) is 5.33. The smallest absolute Gasteiger partial charge is 0.244 e. The number of benzene rings is 2. The van der Waals surface area contributed by atoms with Gasteiger partial charge < -0.3 is 5.32 Å². The van der Waals surface area contributed by atoms with E-state index < -0.39 is 0 Å². The maximum Gasteiger partial charge on any atom is 0.244 e. The second-order valence-corrected chi connectivity index (χ2v) is 5.36. The Hall–Kier alpha value is -2.35. The molecule has 0 aliphatic heterocycles. The zero-order valence-electron chi connectivity index (χ0n) is 12.5. The van der Waals surface area contributed by atoms with Gasteiger partial charge in [-0.25, -0.2) is 0 Å². The second kappa shape index (κ2) is 7.44. The van der Waals surface area contributed by atoms with Crippen molar-refractivity contribution in [2.45, 2.75) is 26.3 Å². The highest BCUT2D eigenvalue weighted by molar-refractivity contribution is 5.91. The molecule has 0 bridgehead atoms. The van der Waals surface area contributed by atoms with Crippen molar-refractivity contribution in [3.05, 3.63) is 77.4 Å². The molecule has 0 aliphatic rings. The van der Waals surface area contributed by atoms with E-state index in [1.54, 1.807) is 6.08 Å². The molecule has 0 unspecified atom stereocenters. The third kappa shape index (κ3) is 4.92. The van der Waals surface area contributed by atoms with Crippen LogP contribution in [0.2, 0.25) is 0 Å². The van der Waals surface area contributed by atoms with Gasteiger partial charge in [0.1, 0.15) is 0 Å². The third-order valence-corrected chi connectivity index (χ3v) is 3.34. The molecule has 108 valence electrons. The highest BCUT2D eigenvalue weighted by Gasteiger charge is 1.98. The normalized spacial score (nSPS) is 11.0. The first-order valence-corrected chi connectivity index (χ1v) is 7.25. The SMILES string of the molecule is CC(C)c1ccc(/C=C/C(=O)NCc2ccccc2)cc1. The van der Waals surface area contributed by atoms with E-state index in [4.69, 9.17) is 0 Å². The lowest BCUT2D eigenvalue weighted by Crippen LogP contribution is -2.20. The van der Waals surface area contributed by atoms with Crippen molar-refractivity contribution in [3.63, 3.8) is 0 Å². The van der Waals surface area contributed by atoms with Gasteiger partial charge in [-0.3, -0.25) is 4.79 Å². The monoisotopic (exact) mass is 279 g/mol. The van der Waals surface area contributed by atoms with Crippen LogP contribution in [0.5, 0.6) is 0 Å². The van der Waals surface area contributed by atoms with Crippen LogP contribution in [0.15, 0.2) is 60.7 Å². The summed E-state index contributed by atoms with van der Waals surface area (Å²) in [4.78, 5) is 11.8. The molecule has 1 N–H and O–H groups in total. The lowest BCUT2D eigenvalue weighted by molar-refractivity contribution is -0.116. The van der Waals surface area contributed by atoms with Crippen molar-refractivity contribution in [2.24, 2.45) is 0 Å². The molecule has 0 spiro atoms. The largest absolute Gasteiger partial charge is 0.348 e. The zero-order chi connectivity index (χ0) is 15.1. The molecule has 2 nitrogen and oxygen atoms in total. The molecule has 0 atom stereocenters. The first-order valence-electron chi connectivity index (χ1n) is 7.25. The molecule has 0 aromatic heterocycles. The number of nitrogens with one attached hydrogen (secondary N) is 1. The van der Waals surface area contributed by atoms with Crippen molar-refractivity contribution < 1.29 is 4.79 Å². The molecular weight excluding hydrogens is 258 g/mol. The number of carbonyl (C=O) groups is 1. The molecule has 0 radical (unpaired) electrons. The van der Waals surface area contributed by atoms with Gasteiger partial charge in [-0.05, 0) is 28.7 Å². The van der Waals surface area contributed by atoms with E-state index in [9.17, 15) is 4.79 Å². The first-order chi connectivity index (χ1) is 10.1. The van der Waals surface area contributed by atoms with Gasteiger partial charge in [-0.15, -0.1) is 0 Å². The third-order valence-electron chi connectivity index (χ3n) is 3.34. The quantitative estimate of drug-likeness (QED) is 0.819. The standard InChI is InChI=1S/C19H21NO/c1-15(2)18-11-8-16(9-12-18)10-13-19(21)20-14-17-6-4-3-5-7-17/h3-13,15H,14H2,1-2H3,(H,20,21)/b13-10+. The van der Waals surface area contributed by atoms with Gasteiger partial charge in [0, 0.05) is 12.6 Å². The fourth-order valence-corrected chi connectivity index (χ4v) is 2.01. The zero-order valence-corrected chi connectivity index (χ0v) is 12.5. The van der Waals surface area contributed by atoms with Crippen LogP contribution in [0.25, 0.3) is 6.08 Å². The Balaban J connectivity index is 1.87. The summed E-state index contributed by atoms with van der Waals surface area (Å²) in [5, 5.41) is 2.87. The van der Waals surface area contributed by atoms with E-state index >= 15 is 0 Å². The van der Waals surface area contributed by atoms with E-state index in [2.05, 4.69) is 31.3 Å². The Morgan fingerprint density at radius 1 is 1.05 bits per heavy atom. The van der Waals surface area contributed by atoms with E-state index in [-0.39, 0.29) is 5.91 Å². The highest BCUT2D eigenvalue weighted by atomic mass is 16.1. The van der Waals surface area contributed by atoms with Crippen LogP contribution >= 0.6 is 0 Å². The lowest BCUT2D eigenvalue weighted by Gasteiger charge is -2.05. The predicted octanol–water partition coefficient (Wildman–Crippen LogP) is 4.14. The Morgan fingerprint density at radius 3 is 2.33 bits per heavy atom. The molecule has 2 rings (SSSR count). The van der Waals surface area contributed by atoms with Gasteiger partial charge in [0.2, 0.25) is 5.91 Å². The van der Waals surface area contributed by atoms with E-state index in [1.165, 1.54) is 5.56 Å². The fourth-order valence-electron chi connectivity index (χ4n) is 2.01. The molecule has 0 heterocycles. The van der Waals surface area contributed by atoms with Crippen LogP contribution in [0.4, 0.5) is 0 Å². The van der Waals surface area contributed by atoms with E-state index in [0.29, 0.717) is 12.5 Å². The number of hydrogen-bond acceptors (Lipinski definition) is 1. The van der Waals surface area contributed by atoms with Gasteiger partial charge in [-0.2, -0.15) is 0 Å². The van der Waals surface area contributed by atoms with Gasteiger partial charge in [-0.1, -0.05) is 68.4 Å². The summed E-state index contributed by atoms with van der Waals surface area (Å²) in [6.45, 7) is 4.89. The van der Waals surface area contributed by atoms with Crippen LogP contribution in [-0.2, 0) is 11.3 Å². The first kappa shape index (κ1) is 15.0. The van der Waals surface area contributed by atoms with Crippen LogP contribution in [0, 0.1) is 0 Å². The second-order valence-electron chi connectivity index (χ2n) is 5.36. The van der Waals surface area contributed by atoms with Crippen LogP contribution in [0.3, 0.4) is 0 Å². The van der Waals surface area contributed by atoms with Gasteiger partial charge in [0.25, 0.3) is 0 Å².